The highest BCUT2D eigenvalue weighted by atomic mass is 16.5. The van der Waals surface area contributed by atoms with Crippen LogP contribution in [0.1, 0.15) is 0 Å². The molecular weight excluding hydrogens is 182 g/mol. The number of nitrogens with one attached hydrogen (secondary N) is 1. The lowest BCUT2D eigenvalue weighted by Gasteiger charge is -2.13. The Hall–Kier alpha value is -1.59. The second-order valence-electron chi connectivity index (χ2n) is 3.45. The molecular formula is C9H9N3O2. The predicted molar refractivity (Wildman–Crippen MR) is 50.5 cm³/mol. The Labute approximate surface area is 79.6 Å². The van der Waals surface area contributed by atoms with Gasteiger partial charge in [-0.15, -0.1) is 0 Å². The average Bonchev–Trinajstić information content (AvgIpc) is 2.56. The Morgan fingerprint density at radius 1 is 1.36 bits per heavy atom. The molecule has 0 fully saturated rings. The number of fused-ring (bicyclic) bond motifs is 3. The summed E-state index contributed by atoms with van der Waals surface area (Å²) in [6.07, 6.45) is 0. The van der Waals surface area contributed by atoms with Crippen LogP contribution in [-0.2, 0) is 6.54 Å². The number of anilines is 1. The lowest BCUT2D eigenvalue weighted by atomic mass is 10.3. The van der Waals surface area contributed by atoms with E-state index in [1.807, 2.05) is 24.3 Å². The topological polar surface area (TPSA) is 70.3 Å². The summed E-state index contributed by atoms with van der Waals surface area (Å²) in [5, 5.41) is 21.2. The van der Waals surface area contributed by atoms with Crippen molar-refractivity contribution in [3.05, 3.63) is 24.3 Å². The fraction of sp³-hybridized carbons (Fsp3) is 0.222. The molecule has 0 amide bonds. The number of aliphatic hydroxyl groups is 2. The summed E-state index contributed by atoms with van der Waals surface area (Å²) in [7, 11) is 0. The van der Waals surface area contributed by atoms with E-state index < -0.39 is 5.91 Å². The first kappa shape index (κ1) is 7.78. The minimum atomic E-state index is -1.87. The molecule has 0 radical (unpaired) electrons. The van der Waals surface area contributed by atoms with E-state index in [0.29, 0.717) is 5.95 Å². The van der Waals surface area contributed by atoms with Gasteiger partial charge in [0, 0.05) is 0 Å². The molecule has 3 N–H and O–H groups in total. The van der Waals surface area contributed by atoms with Gasteiger partial charge in [0.25, 0.3) is 5.91 Å². The van der Waals surface area contributed by atoms with Gasteiger partial charge in [0.15, 0.2) is 0 Å². The van der Waals surface area contributed by atoms with Crippen molar-refractivity contribution in [2.45, 2.75) is 12.5 Å². The third-order valence-corrected chi connectivity index (χ3v) is 2.35. The van der Waals surface area contributed by atoms with E-state index in [9.17, 15) is 10.2 Å². The molecule has 1 aliphatic heterocycles. The molecule has 1 aliphatic rings. The second-order valence-corrected chi connectivity index (χ2v) is 3.45. The third-order valence-electron chi connectivity index (χ3n) is 2.35. The zero-order valence-electron chi connectivity index (χ0n) is 7.31. The second kappa shape index (κ2) is 2.26. The van der Waals surface area contributed by atoms with E-state index in [0.717, 1.165) is 11.0 Å². The van der Waals surface area contributed by atoms with Gasteiger partial charge in [-0.1, -0.05) is 12.1 Å². The van der Waals surface area contributed by atoms with Crippen LogP contribution in [0.5, 0.6) is 0 Å². The smallest absolute Gasteiger partial charge is 0.265 e. The normalized spacial score (nSPS) is 18.1. The Morgan fingerprint density at radius 3 is 3.00 bits per heavy atom. The largest absolute Gasteiger partial charge is 0.347 e. The van der Waals surface area contributed by atoms with E-state index in [4.69, 9.17) is 0 Å². The summed E-state index contributed by atoms with van der Waals surface area (Å²) in [6, 6.07) is 7.58. The van der Waals surface area contributed by atoms with Crippen LogP contribution in [0, 0.1) is 0 Å². The molecule has 0 atom stereocenters. The molecule has 5 nitrogen and oxygen atoms in total. The van der Waals surface area contributed by atoms with Gasteiger partial charge >= 0.3 is 0 Å². The number of nitrogens with zero attached hydrogens (tertiary/aromatic N) is 2. The average molecular weight is 191 g/mol. The third kappa shape index (κ3) is 0.934. The standard InChI is InChI=1S/C9H9N3O2/c13-9(14)5-12-7-4-2-1-3-6(7)10-8(12)11-9/h1-4,13-14H,5H2,(H,10,11). The van der Waals surface area contributed by atoms with Crippen molar-refractivity contribution in [2.75, 3.05) is 5.32 Å². The molecule has 14 heavy (non-hydrogen) atoms. The predicted octanol–water partition coefficient (Wildman–Crippen LogP) is 0.100. The van der Waals surface area contributed by atoms with E-state index in [1.54, 1.807) is 4.57 Å². The Bertz CT molecular complexity index is 504. The zero-order valence-corrected chi connectivity index (χ0v) is 7.31. The van der Waals surface area contributed by atoms with Gasteiger partial charge < -0.3 is 20.1 Å². The van der Waals surface area contributed by atoms with Crippen molar-refractivity contribution >= 4 is 17.0 Å². The number of hydrogen-bond donors (Lipinski definition) is 3. The summed E-state index contributed by atoms with van der Waals surface area (Å²) in [4.78, 5) is 4.22. The van der Waals surface area contributed by atoms with Gasteiger partial charge in [0.2, 0.25) is 5.95 Å². The highest BCUT2D eigenvalue weighted by Crippen LogP contribution is 2.27. The molecule has 0 aliphatic carbocycles. The van der Waals surface area contributed by atoms with E-state index in [2.05, 4.69) is 10.3 Å². The zero-order chi connectivity index (χ0) is 9.76. The van der Waals surface area contributed by atoms with Crippen LogP contribution in [-0.4, -0.2) is 25.7 Å². The van der Waals surface area contributed by atoms with E-state index >= 15 is 0 Å². The number of rotatable bonds is 0. The summed E-state index contributed by atoms with van der Waals surface area (Å²) in [5.74, 6) is -1.37. The van der Waals surface area contributed by atoms with Crippen LogP contribution >= 0.6 is 0 Å². The summed E-state index contributed by atoms with van der Waals surface area (Å²) < 4.78 is 1.75. The van der Waals surface area contributed by atoms with E-state index in [-0.39, 0.29) is 6.54 Å². The quantitative estimate of drug-likeness (QED) is 0.516. The molecule has 1 aromatic carbocycles. The van der Waals surface area contributed by atoms with Gasteiger partial charge in [0.1, 0.15) is 6.54 Å². The number of hydrogen-bond acceptors (Lipinski definition) is 4. The molecule has 72 valence electrons. The molecule has 0 saturated heterocycles. The molecule has 0 bridgehead atoms. The van der Waals surface area contributed by atoms with Crippen LogP contribution in [0.15, 0.2) is 24.3 Å². The maximum Gasteiger partial charge on any atom is 0.265 e. The molecule has 5 heteroatoms. The Kier molecular flexibility index (Phi) is 1.25. The van der Waals surface area contributed by atoms with Gasteiger partial charge in [-0.25, -0.2) is 4.98 Å². The first-order valence-electron chi connectivity index (χ1n) is 4.34. The molecule has 2 aromatic rings. The fourth-order valence-electron chi connectivity index (χ4n) is 1.77. The van der Waals surface area contributed by atoms with Crippen LogP contribution in [0.3, 0.4) is 0 Å². The highest BCUT2D eigenvalue weighted by Gasteiger charge is 2.34. The molecule has 0 saturated carbocycles. The van der Waals surface area contributed by atoms with Crippen molar-refractivity contribution in [1.29, 1.82) is 0 Å². The van der Waals surface area contributed by atoms with Gasteiger partial charge in [-0.2, -0.15) is 0 Å². The van der Waals surface area contributed by atoms with Crippen LogP contribution in [0.4, 0.5) is 5.95 Å². The van der Waals surface area contributed by atoms with Crippen molar-refractivity contribution in [3.63, 3.8) is 0 Å². The van der Waals surface area contributed by atoms with Gasteiger partial charge in [-0.3, -0.25) is 0 Å². The maximum absolute atomic E-state index is 9.35. The summed E-state index contributed by atoms with van der Waals surface area (Å²) >= 11 is 0. The number of benzene rings is 1. The van der Waals surface area contributed by atoms with Crippen LogP contribution in [0.25, 0.3) is 11.0 Å². The highest BCUT2D eigenvalue weighted by molar-refractivity contribution is 5.79. The number of para-hydroxylation sites is 2. The van der Waals surface area contributed by atoms with Crippen molar-refractivity contribution < 1.29 is 10.2 Å². The van der Waals surface area contributed by atoms with Gasteiger partial charge in [-0.05, 0) is 12.1 Å². The fourth-order valence-corrected chi connectivity index (χ4v) is 1.77. The SMILES string of the molecule is OC1(O)Cn2c(nc3ccccc32)N1. The maximum atomic E-state index is 9.35. The molecule has 1 aromatic heterocycles. The first-order valence-corrected chi connectivity index (χ1v) is 4.34. The van der Waals surface area contributed by atoms with E-state index in [1.165, 1.54) is 0 Å². The minimum absolute atomic E-state index is 0.100. The van der Waals surface area contributed by atoms with Crippen molar-refractivity contribution in [3.8, 4) is 0 Å². The summed E-state index contributed by atoms with van der Waals surface area (Å²) in [6.45, 7) is 0.100. The Morgan fingerprint density at radius 2 is 2.14 bits per heavy atom. The number of imidazole rings is 1. The van der Waals surface area contributed by atoms with Gasteiger partial charge in [0.05, 0.1) is 11.0 Å². The monoisotopic (exact) mass is 191 g/mol. The molecule has 2 heterocycles. The lowest BCUT2D eigenvalue weighted by Crippen LogP contribution is -2.35. The minimum Gasteiger partial charge on any atom is -0.347 e. The molecule has 3 rings (SSSR count). The van der Waals surface area contributed by atoms with Crippen molar-refractivity contribution in [2.24, 2.45) is 0 Å². The Balaban J connectivity index is 2.26. The number of aromatic nitrogens is 2. The molecule has 0 unspecified atom stereocenters. The van der Waals surface area contributed by atoms with Crippen molar-refractivity contribution in [1.82, 2.24) is 9.55 Å². The molecule has 0 spiro atoms. The van der Waals surface area contributed by atoms with Crippen LogP contribution < -0.4 is 5.32 Å². The first-order chi connectivity index (χ1) is 6.66. The van der Waals surface area contributed by atoms with Crippen LogP contribution in [0.2, 0.25) is 0 Å². The lowest BCUT2D eigenvalue weighted by molar-refractivity contribution is -0.136. The summed E-state index contributed by atoms with van der Waals surface area (Å²) in [5.41, 5.74) is 1.76.